The van der Waals surface area contributed by atoms with E-state index < -0.39 is 0 Å². The molecule has 0 aliphatic heterocycles. The molecule has 0 aromatic carbocycles. The average Bonchev–Trinajstić information content (AvgIpc) is 2.82. The van der Waals surface area contributed by atoms with Gasteiger partial charge < -0.3 is 0 Å². The molecule has 0 aromatic rings. The van der Waals surface area contributed by atoms with Crippen LogP contribution >= 0.6 is 0 Å². The van der Waals surface area contributed by atoms with E-state index in [0.29, 0.717) is 10.8 Å². The summed E-state index contributed by atoms with van der Waals surface area (Å²) in [6.07, 6.45) is 14.6. The van der Waals surface area contributed by atoms with Crippen molar-refractivity contribution in [3.63, 3.8) is 0 Å². The number of rotatable bonds is 1. The van der Waals surface area contributed by atoms with Gasteiger partial charge in [0.1, 0.15) is 0 Å². The molecule has 0 amide bonds. The van der Waals surface area contributed by atoms with Crippen molar-refractivity contribution in [1.29, 1.82) is 0 Å². The van der Waals surface area contributed by atoms with Crippen LogP contribution in [-0.4, -0.2) is 0 Å². The second-order valence-corrected chi connectivity index (χ2v) is 10.5. The molecule has 0 bridgehead atoms. The molecule has 4 aliphatic carbocycles. The molecule has 0 spiro atoms. The second-order valence-electron chi connectivity index (χ2n) is 10.5. The van der Waals surface area contributed by atoms with E-state index in [1.165, 1.54) is 51.4 Å². The van der Waals surface area contributed by atoms with Gasteiger partial charge in [-0.1, -0.05) is 46.3 Å². The summed E-state index contributed by atoms with van der Waals surface area (Å²) in [5.41, 5.74) is 3.10. The van der Waals surface area contributed by atoms with Crippen molar-refractivity contribution in [2.75, 3.05) is 0 Å². The summed E-state index contributed by atoms with van der Waals surface area (Å²) in [5.74, 6) is 5.80. The molecular weight excluding hydrogens is 276 g/mol. The van der Waals surface area contributed by atoms with Crippen molar-refractivity contribution in [3.05, 3.63) is 11.6 Å². The van der Waals surface area contributed by atoms with E-state index in [4.69, 9.17) is 0 Å². The largest absolute Gasteiger partial charge is 0.0845 e. The van der Waals surface area contributed by atoms with Gasteiger partial charge in [-0.2, -0.15) is 0 Å². The molecule has 0 heterocycles. The lowest BCUT2D eigenvalue weighted by Gasteiger charge is -2.58. The van der Waals surface area contributed by atoms with Crippen LogP contribution in [0.1, 0.15) is 86.0 Å². The Hall–Kier alpha value is -0.260. The van der Waals surface area contributed by atoms with Crippen LogP contribution in [0.3, 0.4) is 0 Å². The normalized spacial score (nSPS) is 52.6. The first-order valence-electron chi connectivity index (χ1n) is 10.6. The Balaban J connectivity index is 1.63. The van der Waals surface area contributed by atoms with Crippen molar-refractivity contribution in [2.45, 2.75) is 86.0 Å². The third-order valence-corrected chi connectivity index (χ3v) is 9.56. The molecule has 4 rings (SSSR count). The van der Waals surface area contributed by atoms with E-state index in [2.05, 4.69) is 40.7 Å². The molecular formula is C23H38. The van der Waals surface area contributed by atoms with Crippen LogP contribution in [0, 0.1) is 46.3 Å². The third kappa shape index (κ3) is 2.22. The molecule has 4 aliphatic rings. The van der Waals surface area contributed by atoms with Crippen LogP contribution in [0.5, 0.6) is 0 Å². The second kappa shape index (κ2) is 5.37. The fourth-order valence-electron chi connectivity index (χ4n) is 7.52. The molecule has 0 radical (unpaired) electrons. The van der Waals surface area contributed by atoms with Gasteiger partial charge in [0, 0.05) is 0 Å². The predicted octanol–water partition coefficient (Wildman–Crippen LogP) is 6.86. The van der Waals surface area contributed by atoms with Gasteiger partial charge in [0.05, 0.1) is 0 Å². The summed E-state index contributed by atoms with van der Waals surface area (Å²) in [6.45, 7) is 12.7. The first-order chi connectivity index (χ1) is 10.9. The van der Waals surface area contributed by atoms with Crippen molar-refractivity contribution in [1.82, 2.24) is 0 Å². The van der Waals surface area contributed by atoms with Gasteiger partial charge in [-0.25, -0.2) is 0 Å². The van der Waals surface area contributed by atoms with E-state index >= 15 is 0 Å². The van der Waals surface area contributed by atoms with Crippen LogP contribution < -0.4 is 0 Å². The molecule has 0 N–H and O–H groups in total. The van der Waals surface area contributed by atoms with Gasteiger partial charge >= 0.3 is 0 Å². The van der Waals surface area contributed by atoms with Crippen molar-refractivity contribution in [2.24, 2.45) is 46.3 Å². The van der Waals surface area contributed by atoms with Gasteiger partial charge in [-0.05, 0) is 97.7 Å². The first kappa shape index (κ1) is 16.2. The number of hydrogen-bond donors (Lipinski definition) is 0. The highest BCUT2D eigenvalue weighted by atomic mass is 14.6. The minimum absolute atomic E-state index is 0.557. The molecule has 0 saturated heterocycles. The Bertz CT molecular complexity index is 500. The lowest BCUT2D eigenvalue weighted by molar-refractivity contribution is -0.0431. The Morgan fingerprint density at radius 1 is 1.00 bits per heavy atom. The Kier molecular flexibility index (Phi) is 3.79. The van der Waals surface area contributed by atoms with Crippen molar-refractivity contribution in [3.8, 4) is 0 Å². The average molecular weight is 315 g/mol. The van der Waals surface area contributed by atoms with Crippen LogP contribution in [-0.2, 0) is 0 Å². The summed E-state index contributed by atoms with van der Waals surface area (Å²) in [7, 11) is 0. The van der Waals surface area contributed by atoms with E-state index in [1.54, 1.807) is 0 Å². The van der Waals surface area contributed by atoms with Crippen LogP contribution in [0.15, 0.2) is 11.6 Å². The maximum Gasteiger partial charge on any atom is -0.00851 e. The monoisotopic (exact) mass is 314 g/mol. The van der Waals surface area contributed by atoms with Crippen molar-refractivity contribution < 1.29 is 0 Å². The zero-order valence-electron chi connectivity index (χ0n) is 16.2. The minimum atomic E-state index is 0.557. The fourth-order valence-corrected chi connectivity index (χ4v) is 7.52. The molecule has 130 valence electrons. The highest BCUT2D eigenvalue weighted by Gasteiger charge is 2.57. The fraction of sp³-hybridized carbons (Fsp3) is 0.913. The Morgan fingerprint density at radius 2 is 1.78 bits per heavy atom. The molecule has 0 nitrogen and oxygen atoms in total. The van der Waals surface area contributed by atoms with Gasteiger partial charge in [0.2, 0.25) is 0 Å². The lowest BCUT2D eigenvalue weighted by atomic mass is 9.47. The van der Waals surface area contributed by atoms with Crippen molar-refractivity contribution >= 4 is 0 Å². The number of hydrogen-bond acceptors (Lipinski definition) is 0. The maximum atomic E-state index is 2.74. The summed E-state index contributed by atoms with van der Waals surface area (Å²) in [4.78, 5) is 0. The van der Waals surface area contributed by atoms with E-state index in [9.17, 15) is 0 Å². The topological polar surface area (TPSA) is 0 Å². The molecule has 7 unspecified atom stereocenters. The summed E-state index contributed by atoms with van der Waals surface area (Å²) >= 11 is 0. The van der Waals surface area contributed by atoms with E-state index in [0.717, 1.165) is 35.5 Å². The number of allylic oxidation sites excluding steroid dienone is 2. The Morgan fingerprint density at radius 3 is 2.52 bits per heavy atom. The SMILES string of the molecule is CC(C)C1CCC2(C)C(=CCC3C2CCC2(C)C(C)CCC32)C1. The summed E-state index contributed by atoms with van der Waals surface area (Å²) in [6, 6.07) is 0. The summed E-state index contributed by atoms with van der Waals surface area (Å²) < 4.78 is 0. The zero-order valence-corrected chi connectivity index (χ0v) is 16.2. The molecule has 3 fully saturated rings. The molecule has 0 heteroatoms. The number of fused-ring (bicyclic) bond motifs is 5. The summed E-state index contributed by atoms with van der Waals surface area (Å²) in [5, 5.41) is 0. The van der Waals surface area contributed by atoms with Crippen LogP contribution in [0.4, 0.5) is 0 Å². The predicted molar refractivity (Wildman–Crippen MR) is 99.2 cm³/mol. The van der Waals surface area contributed by atoms with Crippen LogP contribution in [0.25, 0.3) is 0 Å². The molecule has 7 atom stereocenters. The third-order valence-electron chi connectivity index (χ3n) is 9.56. The molecule has 23 heavy (non-hydrogen) atoms. The van der Waals surface area contributed by atoms with E-state index in [-0.39, 0.29) is 0 Å². The smallest absolute Gasteiger partial charge is 0.00851 e. The first-order valence-corrected chi connectivity index (χ1v) is 10.6. The maximum absolute atomic E-state index is 2.74. The van der Waals surface area contributed by atoms with Gasteiger partial charge in [0.15, 0.2) is 0 Å². The quantitative estimate of drug-likeness (QED) is 0.464. The molecule has 0 aromatic heterocycles. The Labute approximate surface area is 144 Å². The van der Waals surface area contributed by atoms with E-state index in [1.807, 2.05) is 5.57 Å². The lowest BCUT2D eigenvalue weighted by Crippen LogP contribution is -2.50. The van der Waals surface area contributed by atoms with Gasteiger partial charge in [-0.15, -0.1) is 0 Å². The highest BCUT2D eigenvalue weighted by molar-refractivity contribution is 5.25. The minimum Gasteiger partial charge on any atom is -0.0845 e. The standard InChI is InChI=1S/C23H38/c1-15(2)17-10-12-23(5)18(14-17)7-8-19-20-9-6-16(3)22(20,4)13-11-21(19)23/h7,15-17,19-21H,6,8-14H2,1-5H3. The highest BCUT2D eigenvalue weighted by Crippen LogP contribution is 2.66. The molecule has 3 saturated carbocycles. The zero-order chi connectivity index (χ0) is 16.4. The van der Waals surface area contributed by atoms with Gasteiger partial charge in [-0.3, -0.25) is 0 Å². The van der Waals surface area contributed by atoms with Crippen LogP contribution in [0.2, 0.25) is 0 Å². The van der Waals surface area contributed by atoms with Gasteiger partial charge in [0.25, 0.3) is 0 Å².